The molecule has 1 amide bonds. The number of hydrogen-bond acceptors (Lipinski definition) is 8. The summed E-state index contributed by atoms with van der Waals surface area (Å²) >= 11 is 1.29. The van der Waals surface area contributed by atoms with Crippen LogP contribution >= 0.6 is 11.3 Å². The van der Waals surface area contributed by atoms with Gasteiger partial charge in [-0.15, -0.1) is 11.3 Å². The molecule has 3 N–H and O–H groups in total. The van der Waals surface area contributed by atoms with Gasteiger partial charge in [-0.25, -0.2) is 4.39 Å². The van der Waals surface area contributed by atoms with Gasteiger partial charge in [-0.3, -0.25) is 4.79 Å². The highest BCUT2D eigenvalue weighted by Gasteiger charge is 2.32. The van der Waals surface area contributed by atoms with Crippen molar-refractivity contribution in [2.24, 2.45) is 0 Å². The minimum absolute atomic E-state index is 0.0273. The van der Waals surface area contributed by atoms with Gasteiger partial charge in [0.1, 0.15) is 12.7 Å². The van der Waals surface area contributed by atoms with Gasteiger partial charge in [0.25, 0.3) is 5.91 Å². The Morgan fingerprint density at radius 2 is 2.07 bits per heavy atom. The summed E-state index contributed by atoms with van der Waals surface area (Å²) in [5.74, 6) is -0.399. The number of piperidine rings is 1. The molecular weight excluding hydrogens is 564 g/mol. The maximum atomic E-state index is 14.5. The number of alkyl halides is 4. The first-order valence-electron chi connectivity index (χ1n) is 13.0. The smallest absolute Gasteiger partial charge is 0.379 e. The van der Waals surface area contributed by atoms with E-state index in [0.29, 0.717) is 34.4 Å². The van der Waals surface area contributed by atoms with Crippen LogP contribution in [0.1, 0.15) is 40.7 Å². The summed E-state index contributed by atoms with van der Waals surface area (Å²) in [6.45, 7) is 3.22. The van der Waals surface area contributed by atoms with Crippen molar-refractivity contribution in [1.29, 1.82) is 0 Å². The summed E-state index contributed by atoms with van der Waals surface area (Å²) < 4.78 is 67.1. The van der Waals surface area contributed by atoms with Gasteiger partial charge in [0.05, 0.1) is 34.3 Å². The zero-order chi connectivity index (χ0) is 29.4. The summed E-state index contributed by atoms with van der Waals surface area (Å²) in [5.41, 5.74) is 0.344. The van der Waals surface area contributed by atoms with E-state index >= 15 is 0 Å². The molecule has 5 rings (SSSR count). The summed E-state index contributed by atoms with van der Waals surface area (Å²) in [7, 11) is 1.59. The average Bonchev–Trinajstić information content (AvgIpc) is 3.68. The van der Waals surface area contributed by atoms with Crippen molar-refractivity contribution in [2.75, 3.05) is 25.5 Å². The molecule has 1 saturated heterocycles. The van der Waals surface area contributed by atoms with Crippen LogP contribution in [0.15, 0.2) is 40.9 Å². The first kappa shape index (κ1) is 29.0. The Morgan fingerprint density at radius 1 is 1.27 bits per heavy atom. The molecule has 41 heavy (non-hydrogen) atoms. The first-order chi connectivity index (χ1) is 19.4. The molecular formula is C27H30F4N6O3S. The number of halogens is 4. The minimum atomic E-state index is -4.53. The molecule has 1 aliphatic rings. The van der Waals surface area contributed by atoms with Crippen molar-refractivity contribution < 1.29 is 31.6 Å². The van der Waals surface area contributed by atoms with Crippen LogP contribution in [-0.4, -0.2) is 59.2 Å². The van der Waals surface area contributed by atoms with E-state index in [1.165, 1.54) is 17.4 Å². The predicted molar refractivity (Wildman–Crippen MR) is 147 cm³/mol. The van der Waals surface area contributed by atoms with E-state index < -0.39 is 30.5 Å². The maximum Gasteiger partial charge on any atom is 0.406 e. The fraction of sp³-hybridized carbons (Fsp3) is 0.444. The molecule has 14 heteroatoms. The maximum absolute atomic E-state index is 14.5. The third-order valence-corrected chi connectivity index (χ3v) is 8.45. The van der Waals surface area contributed by atoms with E-state index in [4.69, 9.17) is 9.26 Å². The molecule has 0 spiro atoms. The highest BCUT2D eigenvalue weighted by molar-refractivity contribution is 7.14. The summed E-state index contributed by atoms with van der Waals surface area (Å²) in [6.07, 6.45) is -5.14. The monoisotopic (exact) mass is 594 g/mol. The summed E-state index contributed by atoms with van der Waals surface area (Å²) in [4.78, 5) is 18.3. The number of nitrogens with one attached hydrogen (secondary N) is 3. The normalized spacial score (nSPS) is 18.1. The lowest BCUT2D eigenvalue weighted by molar-refractivity contribution is -0.139. The number of benzene rings is 1. The van der Waals surface area contributed by atoms with E-state index in [9.17, 15) is 22.4 Å². The molecule has 1 aliphatic heterocycles. The van der Waals surface area contributed by atoms with Gasteiger partial charge < -0.3 is 29.8 Å². The number of methoxy groups -OCH3 is 1. The quantitative estimate of drug-likeness (QED) is 0.228. The molecule has 1 aromatic carbocycles. The molecule has 0 aliphatic carbocycles. The second-order valence-corrected chi connectivity index (χ2v) is 11.4. The number of carbonyl (C=O) groups excluding carboxylic acids is 1. The standard InChI is InChI=1S/C27H30F4N6O3S/c1-26(2,39-3)22-8-7-21(41-22)25(38)33-13-23-35-24(36-40-23)20-11-15-17(34-18-9-10-32-12-16(18)28)5-4-6-19(15)37(20)14-27(29,30)31/h4-8,11,16,18,32,34H,9-10,12-14H2,1-3H3,(H,33,38)/t16-,18+/m1/s1. The van der Waals surface area contributed by atoms with Crippen molar-refractivity contribution >= 4 is 33.8 Å². The minimum Gasteiger partial charge on any atom is -0.379 e. The number of amides is 1. The molecule has 0 bridgehead atoms. The molecule has 0 radical (unpaired) electrons. The van der Waals surface area contributed by atoms with Crippen molar-refractivity contribution in [1.82, 2.24) is 25.3 Å². The molecule has 0 unspecified atom stereocenters. The van der Waals surface area contributed by atoms with Crippen molar-refractivity contribution in [2.45, 2.75) is 57.3 Å². The number of fused-ring (bicyclic) bond motifs is 1. The van der Waals surface area contributed by atoms with Gasteiger partial charge in [-0.05, 0) is 57.1 Å². The Hall–Kier alpha value is -3.49. The molecule has 1 fully saturated rings. The molecule has 0 saturated carbocycles. The fourth-order valence-electron chi connectivity index (χ4n) is 4.69. The lowest BCUT2D eigenvalue weighted by Crippen LogP contribution is -2.45. The van der Waals surface area contributed by atoms with Crippen LogP contribution in [0.25, 0.3) is 22.4 Å². The average molecular weight is 595 g/mol. The summed E-state index contributed by atoms with van der Waals surface area (Å²) in [6, 6.07) is 9.45. The molecule has 220 valence electrons. The van der Waals surface area contributed by atoms with Crippen LogP contribution in [0.3, 0.4) is 0 Å². The number of thiophene rings is 1. The topological polar surface area (TPSA) is 106 Å². The van der Waals surface area contributed by atoms with Gasteiger partial charge in [0, 0.05) is 29.6 Å². The first-order valence-corrected chi connectivity index (χ1v) is 13.8. The molecule has 4 aromatic rings. The number of anilines is 1. The second-order valence-electron chi connectivity index (χ2n) is 10.3. The van der Waals surface area contributed by atoms with Gasteiger partial charge in [0.15, 0.2) is 0 Å². The molecule has 2 atom stereocenters. The van der Waals surface area contributed by atoms with E-state index in [1.807, 2.05) is 19.9 Å². The summed E-state index contributed by atoms with van der Waals surface area (Å²) in [5, 5.41) is 13.2. The highest BCUT2D eigenvalue weighted by atomic mass is 32.1. The SMILES string of the molecule is COC(C)(C)c1ccc(C(=O)NCc2nc(-c3cc4c(N[C@H]5CCNC[C@H]5F)cccc4n3CC(F)(F)F)no2)s1. The Balaban J connectivity index is 1.39. The molecule has 9 nitrogen and oxygen atoms in total. The second kappa shape index (κ2) is 11.4. The Bertz CT molecular complexity index is 1530. The van der Waals surface area contributed by atoms with E-state index in [1.54, 1.807) is 31.4 Å². The van der Waals surface area contributed by atoms with Crippen LogP contribution in [0, 0.1) is 0 Å². The van der Waals surface area contributed by atoms with Gasteiger partial charge in [-0.2, -0.15) is 18.2 Å². The zero-order valence-corrected chi connectivity index (χ0v) is 23.5. The van der Waals surface area contributed by atoms with Crippen LogP contribution in [0.4, 0.5) is 23.2 Å². The fourth-order valence-corrected chi connectivity index (χ4v) is 5.69. The number of rotatable bonds is 9. The van der Waals surface area contributed by atoms with Gasteiger partial charge >= 0.3 is 6.18 Å². The lowest BCUT2D eigenvalue weighted by atomic mass is 10.0. The largest absolute Gasteiger partial charge is 0.406 e. The van der Waals surface area contributed by atoms with Gasteiger partial charge in [-0.1, -0.05) is 11.2 Å². The lowest BCUT2D eigenvalue weighted by Gasteiger charge is -2.28. The van der Waals surface area contributed by atoms with Crippen LogP contribution in [0.5, 0.6) is 0 Å². The number of aromatic nitrogens is 3. The zero-order valence-electron chi connectivity index (χ0n) is 22.6. The molecule has 3 aromatic heterocycles. The van der Waals surface area contributed by atoms with E-state index in [-0.39, 0.29) is 36.4 Å². The van der Waals surface area contributed by atoms with Crippen LogP contribution < -0.4 is 16.0 Å². The van der Waals surface area contributed by atoms with Crippen LogP contribution in [-0.2, 0) is 23.4 Å². The van der Waals surface area contributed by atoms with Crippen molar-refractivity contribution in [3.63, 3.8) is 0 Å². The van der Waals surface area contributed by atoms with Crippen molar-refractivity contribution in [3.05, 3.63) is 52.0 Å². The van der Waals surface area contributed by atoms with E-state index in [0.717, 1.165) is 9.44 Å². The highest BCUT2D eigenvalue weighted by Crippen LogP contribution is 2.35. The number of ether oxygens (including phenoxy) is 1. The van der Waals surface area contributed by atoms with Crippen molar-refractivity contribution in [3.8, 4) is 11.5 Å². The van der Waals surface area contributed by atoms with E-state index in [2.05, 4.69) is 26.1 Å². The Kier molecular flexibility index (Phi) is 8.08. The van der Waals surface area contributed by atoms with Crippen LogP contribution in [0.2, 0.25) is 0 Å². The Labute approximate surface area is 237 Å². The third-order valence-electron chi connectivity index (χ3n) is 7.06. The van der Waals surface area contributed by atoms with Gasteiger partial charge in [0.2, 0.25) is 11.7 Å². The number of nitrogens with zero attached hydrogens (tertiary/aromatic N) is 3. The third kappa shape index (κ3) is 6.39. The molecule has 4 heterocycles. The Morgan fingerprint density at radius 3 is 2.80 bits per heavy atom. The number of hydrogen-bond donors (Lipinski definition) is 3. The predicted octanol–water partition coefficient (Wildman–Crippen LogP) is 5.24. The number of carbonyl (C=O) groups is 1.